The van der Waals surface area contributed by atoms with Gasteiger partial charge in [-0.05, 0) is 0 Å². The van der Waals surface area contributed by atoms with Crippen molar-refractivity contribution in [1.82, 2.24) is 0 Å². The van der Waals surface area contributed by atoms with Crippen LogP contribution in [-0.2, 0) is 9.53 Å². The van der Waals surface area contributed by atoms with Crippen LogP contribution in [0, 0.1) is 0 Å². The first-order valence-electron chi connectivity index (χ1n) is 4.12. The van der Waals surface area contributed by atoms with E-state index in [1.54, 1.807) is 0 Å². The molecular weight excluding hydrogens is 280 g/mol. The van der Waals surface area contributed by atoms with E-state index < -0.39 is 42.8 Å². The number of carbonyl (C=O) groups is 1. The Balaban J connectivity index is 4.70. The molecule has 0 aliphatic rings. The Hall–Kier alpha value is -1.35. The van der Waals surface area contributed by atoms with E-state index in [1.807, 2.05) is 0 Å². The van der Waals surface area contributed by atoms with E-state index in [2.05, 4.69) is 11.3 Å². The summed E-state index contributed by atoms with van der Waals surface area (Å²) in [4.78, 5) is 10.3. The van der Waals surface area contributed by atoms with Crippen LogP contribution >= 0.6 is 0 Å². The van der Waals surface area contributed by atoms with Crippen LogP contribution < -0.4 is 0 Å². The minimum Gasteiger partial charge on any atom is -0.454 e. The minimum absolute atomic E-state index is 1.84. The van der Waals surface area contributed by atoms with Crippen molar-refractivity contribution in [2.45, 2.75) is 24.4 Å². The third-order valence-electron chi connectivity index (χ3n) is 1.56. The van der Waals surface area contributed by atoms with Crippen LogP contribution in [0.15, 0.2) is 12.4 Å². The van der Waals surface area contributed by atoms with Crippen LogP contribution in [0.2, 0.25) is 0 Å². The Labute approximate surface area is 95.2 Å². The standard InChI is InChI=1S/C8H6F8O2/c1-4(9)5(17)18-3-7(12,13)6(10,11)2-8(14,15)16/h1-3H2. The van der Waals surface area contributed by atoms with Crippen molar-refractivity contribution in [1.29, 1.82) is 0 Å². The Bertz CT molecular complexity index is 332. The minimum atomic E-state index is -5.54. The molecule has 0 N–H and O–H groups in total. The fourth-order valence-electron chi connectivity index (χ4n) is 0.721. The third-order valence-corrected chi connectivity index (χ3v) is 1.56. The van der Waals surface area contributed by atoms with Gasteiger partial charge in [0.15, 0.2) is 6.61 Å². The van der Waals surface area contributed by atoms with E-state index in [0.29, 0.717) is 0 Å². The zero-order chi connectivity index (χ0) is 14.8. The summed E-state index contributed by atoms with van der Waals surface area (Å²) in [5, 5.41) is 0. The third kappa shape index (κ3) is 4.88. The van der Waals surface area contributed by atoms with Crippen molar-refractivity contribution in [3.05, 3.63) is 12.4 Å². The van der Waals surface area contributed by atoms with Crippen molar-refractivity contribution in [3.63, 3.8) is 0 Å². The summed E-state index contributed by atoms with van der Waals surface area (Å²) >= 11 is 0. The van der Waals surface area contributed by atoms with Crippen LogP contribution in [0.3, 0.4) is 0 Å². The predicted octanol–water partition coefficient (Wildman–Crippen LogP) is 3.24. The van der Waals surface area contributed by atoms with E-state index >= 15 is 0 Å². The molecule has 0 bridgehead atoms. The van der Waals surface area contributed by atoms with Crippen LogP contribution in [0.1, 0.15) is 6.42 Å². The van der Waals surface area contributed by atoms with Gasteiger partial charge in [-0.25, -0.2) is 4.79 Å². The second-order valence-electron chi connectivity index (χ2n) is 3.18. The molecule has 0 heterocycles. The number of rotatable bonds is 5. The fourth-order valence-corrected chi connectivity index (χ4v) is 0.721. The number of esters is 1. The molecule has 0 amide bonds. The average Bonchev–Trinajstić information content (AvgIpc) is 2.09. The molecule has 18 heavy (non-hydrogen) atoms. The highest BCUT2D eigenvalue weighted by Crippen LogP contribution is 2.42. The summed E-state index contributed by atoms with van der Waals surface area (Å²) in [6.07, 6.45) is -8.64. The molecule has 0 atom stereocenters. The van der Waals surface area contributed by atoms with Gasteiger partial charge in [-0.1, -0.05) is 6.58 Å². The lowest BCUT2D eigenvalue weighted by atomic mass is 10.1. The highest BCUT2D eigenvalue weighted by Gasteiger charge is 2.61. The van der Waals surface area contributed by atoms with Gasteiger partial charge in [0.2, 0.25) is 5.83 Å². The lowest BCUT2D eigenvalue weighted by molar-refractivity contribution is -0.274. The van der Waals surface area contributed by atoms with Crippen molar-refractivity contribution in [2.24, 2.45) is 0 Å². The molecule has 0 aliphatic carbocycles. The summed E-state index contributed by atoms with van der Waals surface area (Å²) in [5.41, 5.74) is 0. The Kier molecular flexibility index (Phi) is 4.72. The molecule has 0 aromatic rings. The Morgan fingerprint density at radius 3 is 1.78 bits per heavy atom. The fraction of sp³-hybridized carbons (Fsp3) is 0.625. The van der Waals surface area contributed by atoms with Crippen LogP contribution in [-0.4, -0.2) is 30.6 Å². The van der Waals surface area contributed by atoms with Crippen LogP contribution in [0.4, 0.5) is 35.1 Å². The molecule has 0 unspecified atom stereocenters. The van der Waals surface area contributed by atoms with Gasteiger partial charge < -0.3 is 4.74 Å². The van der Waals surface area contributed by atoms with Gasteiger partial charge in [0.25, 0.3) is 0 Å². The molecule has 2 nitrogen and oxygen atoms in total. The monoisotopic (exact) mass is 286 g/mol. The highest BCUT2D eigenvalue weighted by molar-refractivity contribution is 5.85. The number of alkyl halides is 7. The second kappa shape index (κ2) is 5.11. The molecule has 0 radical (unpaired) electrons. The first kappa shape index (κ1) is 16.6. The van der Waals surface area contributed by atoms with Gasteiger partial charge in [0.1, 0.15) is 6.42 Å². The van der Waals surface area contributed by atoms with E-state index in [1.165, 1.54) is 0 Å². The van der Waals surface area contributed by atoms with Crippen molar-refractivity contribution < 1.29 is 44.7 Å². The molecule has 10 heteroatoms. The SMILES string of the molecule is C=C(F)C(=O)OCC(F)(F)C(F)(F)CC(F)(F)F. The van der Waals surface area contributed by atoms with Gasteiger partial charge in [0, 0.05) is 0 Å². The molecule has 0 saturated heterocycles. The molecule has 0 saturated carbocycles. The largest absolute Gasteiger partial charge is 0.454 e. The van der Waals surface area contributed by atoms with E-state index in [-0.39, 0.29) is 0 Å². The molecule has 0 fully saturated rings. The first-order valence-corrected chi connectivity index (χ1v) is 4.12. The molecule has 106 valence electrons. The van der Waals surface area contributed by atoms with E-state index in [4.69, 9.17) is 0 Å². The van der Waals surface area contributed by atoms with Crippen molar-refractivity contribution in [2.75, 3.05) is 6.61 Å². The van der Waals surface area contributed by atoms with Gasteiger partial charge in [-0.2, -0.15) is 35.1 Å². The van der Waals surface area contributed by atoms with Gasteiger partial charge >= 0.3 is 24.0 Å². The maximum atomic E-state index is 12.7. The summed E-state index contributed by atoms with van der Waals surface area (Å²) in [6.45, 7) is -0.0673. The number of hydrogen-bond acceptors (Lipinski definition) is 2. The number of ether oxygens (including phenoxy) is 1. The summed E-state index contributed by atoms with van der Waals surface area (Å²) in [7, 11) is 0. The van der Waals surface area contributed by atoms with Gasteiger partial charge in [0.05, 0.1) is 0 Å². The maximum absolute atomic E-state index is 12.7. The summed E-state index contributed by atoms with van der Waals surface area (Å²) < 4.78 is 101. The Morgan fingerprint density at radius 2 is 1.44 bits per heavy atom. The summed E-state index contributed by atoms with van der Waals surface area (Å²) in [5.74, 6) is -14.7. The van der Waals surface area contributed by atoms with Gasteiger partial charge in [-0.3, -0.25) is 0 Å². The number of carbonyl (C=O) groups excluding carboxylic acids is 1. The number of hydrogen-bond donors (Lipinski definition) is 0. The first-order chi connectivity index (χ1) is 7.78. The number of halogens is 8. The topological polar surface area (TPSA) is 26.3 Å². The maximum Gasteiger partial charge on any atom is 0.395 e. The highest BCUT2D eigenvalue weighted by atomic mass is 19.4. The van der Waals surface area contributed by atoms with Crippen molar-refractivity contribution in [3.8, 4) is 0 Å². The predicted molar refractivity (Wildman–Crippen MR) is 41.8 cm³/mol. The quantitative estimate of drug-likeness (QED) is 0.440. The molecule has 0 aromatic carbocycles. The zero-order valence-electron chi connectivity index (χ0n) is 8.46. The lowest BCUT2D eigenvalue weighted by Gasteiger charge is -2.26. The lowest BCUT2D eigenvalue weighted by Crippen LogP contribution is -2.47. The van der Waals surface area contributed by atoms with Crippen LogP contribution in [0.25, 0.3) is 0 Å². The van der Waals surface area contributed by atoms with E-state index in [9.17, 15) is 39.9 Å². The molecular formula is C8H6F8O2. The smallest absolute Gasteiger partial charge is 0.395 e. The van der Waals surface area contributed by atoms with Crippen LogP contribution in [0.5, 0.6) is 0 Å². The van der Waals surface area contributed by atoms with Gasteiger partial charge in [-0.15, -0.1) is 0 Å². The zero-order valence-corrected chi connectivity index (χ0v) is 8.46. The molecule has 0 spiro atoms. The second-order valence-corrected chi connectivity index (χ2v) is 3.18. The molecule has 0 rings (SSSR count). The summed E-state index contributed by atoms with van der Waals surface area (Å²) in [6, 6.07) is 0. The normalized spacial score (nSPS) is 13.3. The average molecular weight is 286 g/mol. The van der Waals surface area contributed by atoms with Crippen molar-refractivity contribution >= 4 is 5.97 Å². The molecule has 0 aliphatic heterocycles. The Morgan fingerprint density at radius 1 is 1.00 bits per heavy atom. The molecule has 0 aromatic heterocycles. The van der Waals surface area contributed by atoms with E-state index in [0.717, 1.165) is 0 Å².